The molecule has 0 aliphatic heterocycles. The molecule has 0 bridgehead atoms. The zero-order valence-electron chi connectivity index (χ0n) is 7.10. The Balaban J connectivity index is 2.94. The molecule has 0 atom stereocenters. The van der Waals surface area contributed by atoms with Gasteiger partial charge in [0.1, 0.15) is 0 Å². The highest BCUT2D eigenvalue weighted by molar-refractivity contribution is 6.35. The Kier molecular flexibility index (Phi) is 1.85. The van der Waals surface area contributed by atoms with Crippen molar-refractivity contribution in [1.29, 1.82) is 0 Å². The predicted octanol–water partition coefficient (Wildman–Crippen LogP) is 2.49. The number of aromatic amines is 1. The molecule has 1 aromatic carbocycles. The van der Waals surface area contributed by atoms with Crippen molar-refractivity contribution in [3.63, 3.8) is 0 Å². The van der Waals surface area contributed by atoms with Gasteiger partial charge in [0.2, 0.25) is 5.56 Å². The van der Waals surface area contributed by atoms with Gasteiger partial charge in [-0.25, -0.2) is 0 Å². The Bertz CT molecular complexity index is 516. The molecule has 3 heteroatoms. The first-order chi connectivity index (χ1) is 6.16. The van der Waals surface area contributed by atoms with E-state index in [0.29, 0.717) is 5.02 Å². The summed E-state index contributed by atoms with van der Waals surface area (Å²) in [7, 11) is 0. The summed E-state index contributed by atoms with van der Waals surface area (Å²) >= 11 is 5.89. The molecule has 0 spiro atoms. The van der Waals surface area contributed by atoms with Gasteiger partial charge in [-0.15, -0.1) is 0 Å². The third kappa shape index (κ3) is 1.45. The standard InChI is InChI=1S/C10H8ClNO/c1-6-2-3-7-8(11)5-10(13)12-9(7)4-6/h2-5H,1H3,(H,12,13). The van der Waals surface area contributed by atoms with Crippen molar-refractivity contribution < 1.29 is 0 Å². The van der Waals surface area contributed by atoms with Gasteiger partial charge in [-0.3, -0.25) is 4.79 Å². The van der Waals surface area contributed by atoms with Crippen LogP contribution in [-0.4, -0.2) is 4.98 Å². The molecule has 2 rings (SSSR count). The minimum Gasteiger partial charge on any atom is -0.322 e. The van der Waals surface area contributed by atoms with Crippen molar-refractivity contribution in [1.82, 2.24) is 4.98 Å². The summed E-state index contributed by atoms with van der Waals surface area (Å²) in [6, 6.07) is 7.16. The summed E-state index contributed by atoms with van der Waals surface area (Å²) in [5.41, 5.74) is 1.73. The first kappa shape index (κ1) is 8.32. The van der Waals surface area contributed by atoms with Gasteiger partial charge >= 0.3 is 0 Å². The van der Waals surface area contributed by atoms with E-state index in [1.165, 1.54) is 6.07 Å². The predicted molar refractivity (Wildman–Crippen MR) is 54.3 cm³/mol. The first-order valence-corrected chi connectivity index (χ1v) is 4.34. The number of hydrogen-bond donors (Lipinski definition) is 1. The maximum absolute atomic E-state index is 11.1. The molecule has 0 saturated heterocycles. The van der Waals surface area contributed by atoms with Crippen molar-refractivity contribution >= 4 is 22.5 Å². The Morgan fingerprint density at radius 3 is 2.85 bits per heavy atom. The van der Waals surface area contributed by atoms with Gasteiger partial charge in [-0.2, -0.15) is 0 Å². The highest BCUT2D eigenvalue weighted by atomic mass is 35.5. The highest BCUT2D eigenvalue weighted by Crippen LogP contribution is 2.20. The lowest BCUT2D eigenvalue weighted by Gasteiger charge is -2.00. The number of halogens is 1. The van der Waals surface area contributed by atoms with Gasteiger partial charge in [0.05, 0.1) is 10.5 Å². The molecule has 1 N–H and O–H groups in total. The fourth-order valence-electron chi connectivity index (χ4n) is 1.33. The summed E-state index contributed by atoms with van der Waals surface area (Å²) in [6.45, 7) is 1.97. The summed E-state index contributed by atoms with van der Waals surface area (Å²) in [5.74, 6) is 0. The molecule has 0 aliphatic carbocycles. The van der Waals surface area contributed by atoms with E-state index in [1.54, 1.807) is 0 Å². The molecular formula is C10H8ClNO. The van der Waals surface area contributed by atoms with E-state index >= 15 is 0 Å². The average molecular weight is 194 g/mol. The van der Waals surface area contributed by atoms with Gasteiger partial charge in [0.15, 0.2) is 0 Å². The van der Waals surface area contributed by atoms with Crippen molar-refractivity contribution in [3.05, 3.63) is 45.2 Å². The van der Waals surface area contributed by atoms with Crippen molar-refractivity contribution in [2.24, 2.45) is 0 Å². The van der Waals surface area contributed by atoms with Crippen LogP contribution in [0.15, 0.2) is 29.1 Å². The van der Waals surface area contributed by atoms with Crippen molar-refractivity contribution in [2.45, 2.75) is 6.92 Å². The molecule has 0 amide bonds. The molecule has 0 saturated carbocycles. The van der Waals surface area contributed by atoms with Gasteiger partial charge in [0.25, 0.3) is 0 Å². The minimum absolute atomic E-state index is 0.164. The Labute approximate surface area is 80.2 Å². The lowest BCUT2D eigenvalue weighted by atomic mass is 10.1. The number of pyridine rings is 1. The van der Waals surface area contributed by atoms with Crippen LogP contribution in [0.3, 0.4) is 0 Å². The van der Waals surface area contributed by atoms with Crippen molar-refractivity contribution in [2.75, 3.05) is 0 Å². The van der Waals surface area contributed by atoms with Crippen LogP contribution in [0.1, 0.15) is 5.56 Å². The molecule has 0 aliphatic rings. The fraction of sp³-hybridized carbons (Fsp3) is 0.100. The Morgan fingerprint density at radius 1 is 1.31 bits per heavy atom. The summed E-state index contributed by atoms with van der Waals surface area (Å²) in [5, 5.41) is 1.38. The maximum Gasteiger partial charge on any atom is 0.249 e. The normalized spacial score (nSPS) is 10.6. The number of aromatic nitrogens is 1. The second kappa shape index (κ2) is 2.89. The van der Waals surface area contributed by atoms with Crippen LogP contribution in [0.25, 0.3) is 10.9 Å². The van der Waals surface area contributed by atoms with Crippen LogP contribution in [0.5, 0.6) is 0 Å². The molecule has 2 aromatic rings. The van der Waals surface area contributed by atoms with Crippen LogP contribution in [0, 0.1) is 6.92 Å². The largest absolute Gasteiger partial charge is 0.322 e. The average Bonchev–Trinajstić information content (AvgIpc) is 2.02. The molecule has 0 radical (unpaired) electrons. The van der Waals surface area contributed by atoms with E-state index < -0.39 is 0 Å². The third-order valence-corrected chi connectivity index (χ3v) is 2.26. The number of benzene rings is 1. The smallest absolute Gasteiger partial charge is 0.249 e. The number of nitrogens with one attached hydrogen (secondary N) is 1. The molecule has 66 valence electrons. The second-order valence-electron chi connectivity index (χ2n) is 3.03. The zero-order chi connectivity index (χ0) is 9.42. The number of aryl methyl sites for hydroxylation is 1. The monoisotopic (exact) mass is 193 g/mol. The number of hydrogen-bond acceptors (Lipinski definition) is 1. The van der Waals surface area contributed by atoms with Gasteiger partial charge in [0, 0.05) is 11.5 Å². The Hall–Kier alpha value is -1.28. The SMILES string of the molecule is Cc1ccc2c(Cl)cc(=O)[nH]c2c1. The van der Waals surface area contributed by atoms with Crippen LogP contribution in [0.2, 0.25) is 5.02 Å². The van der Waals surface area contributed by atoms with Crippen LogP contribution < -0.4 is 5.56 Å². The molecule has 13 heavy (non-hydrogen) atoms. The topological polar surface area (TPSA) is 32.9 Å². The molecular weight excluding hydrogens is 186 g/mol. The van der Waals surface area contributed by atoms with E-state index in [4.69, 9.17) is 11.6 Å². The van der Waals surface area contributed by atoms with Crippen LogP contribution in [-0.2, 0) is 0 Å². The number of H-pyrrole nitrogens is 1. The van der Waals surface area contributed by atoms with Gasteiger partial charge in [-0.05, 0) is 18.6 Å². The third-order valence-electron chi connectivity index (χ3n) is 1.95. The molecule has 1 heterocycles. The maximum atomic E-state index is 11.1. The summed E-state index contributed by atoms with van der Waals surface area (Å²) in [4.78, 5) is 13.8. The minimum atomic E-state index is -0.164. The summed E-state index contributed by atoms with van der Waals surface area (Å²) in [6.07, 6.45) is 0. The molecule has 0 unspecified atom stereocenters. The molecule has 1 aromatic heterocycles. The fourth-order valence-corrected chi connectivity index (χ4v) is 1.60. The van der Waals surface area contributed by atoms with Gasteiger partial charge < -0.3 is 4.98 Å². The molecule has 2 nitrogen and oxygen atoms in total. The number of fused-ring (bicyclic) bond motifs is 1. The van der Waals surface area contributed by atoms with E-state index in [0.717, 1.165) is 16.5 Å². The first-order valence-electron chi connectivity index (χ1n) is 3.96. The van der Waals surface area contributed by atoms with Gasteiger partial charge in [-0.1, -0.05) is 23.7 Å². The lowest BCUT2D eigenvalue weighted by Crippen LogP contribution is -2.03. The molecule has 0 fully saturated rings. The second-order valence-corrected chi connectivity index (χ2v) is 3.44. The highest BCUT2D eigenvalue weighted by Gasteiger charge is 2.00. The van der Waals surface area contributed by atoms with E-state index in [1.807, 2.05) is 25.1 Å². The quantitative estimate of drug-likeness (QED) is 0.685. The van der Waals surface area contributed by atoms with E-state index in [-0.39, 0.29) is 5.56 Å². The zero-order valence-corrected chi connectivity index (χ0v) is 7.85. The van der Waals surface area contributed by atoms with Crippen molar-refractivity contribution in [3.8, 4) is 0 Å². The van der Waals surface area contributed by atoms with E-state index in [2.05, 4.69) is 4.98 Å². The van der Waals surface area contributed by atoms with Crippen LogP contribution in [0.4, 0.5) is 0 Å². The number of rotatable bonds is 0. The Morgan fingerprint density at radius 2 is 2.08 bits per heavy atom. The summed E-state index contributed by atoms with van der Waals surface area (Å²) < 4.78 is 0. The van der Waals surface area contributed by atoms with E-state index in [9.17, 15) is 4.79 Å². The lowest BCUT2D eigenvalue weighted by molar-refractivity contribution is 1.30. The van der Waals surface area contributed by atoms with Crippen LogP contribution >= 0.6 is 11.6 Å².